The van der Waals surface area contributed by atoms with Crippen LogP contribution in [0.4, 0.5) is 11.4 Å². The van der Waals surface area contributed by atoms with E-state index in [0.29, 0.717) is 16.9 Å². The Morgan fingerprint density at radius 3 is 2.76 bits per heavy atom. The smallest absolute Gasteiger partial charge is 0.278 e. The summed E-state index contributed by atoms with van der Waals surface area (Å²) >= 11 is 5.92. The molecule has 6 nitrogen and oxygen atoms in total. The number of nitrogens with one attached hydrogen (secondary N) is 2. The number of nitriles is 1. The predicted molar refractivity (Wildman–Crippen MR) is 81.2 cm³/mol. The fourth-order valence-electron chi connectivity index (χ4n) is 1.85. The molecular formula is C14H14ClN5O. The van der Waals surface area contributed by atoms with Crippen molar-refractivity contribution in [1.82, 2.24) is 10.2 Å². The Labute approximate surface area is 126 Å². The molecule has 0 bridgehead atoms. The van der Waals surface area contributed by atoms with Gasteiger partial charge in [0.2, 0.25) is 0 Å². The van der Waals surface area contributed by atoms with Gasteiger partial charge in [0.05, 0.1) is 22.0 Å². The van der Waals surface area contributed by atoms with Crippen molar-refractivity contribution >= 4 is 28.9 Å². The molecule has 0 radical (unpaired) electrons. The van der Waals surface area contributed by atoms with Crippen molar-refractivity contribution in [2.75, 3.05) is 11.1 Å². The minimum atomic E-state index is -0.434. The van der Waals surface area contributed by atoms with Gasteiger partial charge in [0.25, 0.3) is 5.91 Å². The van der Waals surface area contributed by atoms with Crippen molar-refractivity contribution < 1.29 is 4.79 Å². The van der Waals surface area contributed by atoms with Crippen LogP contribution in [0.5, 0.6) is 0 Å². The summed E-state index contributed by atoms with van der Waals surface area (Å²) in [4.78, 5) is 12.2. The van der Waals surface area contributed by atoms with E-state index >= 15 is 0 Å². The first-order chi connectivity index (χ1) is 9.93. The van der Waals surface area contributed by atoms with Crippen LogP contribution in [-0.2, 0) is 0 Å². The number of aromatic nitrogens is 2. The number of carbonyl (C=O) groups excluding carboxylic acids is 1. The molecule has 4 N–H and O–H groups in total. The molecule has 1 aromatic heterocycles. The Bertz CT molecular complexity index is 729. The Balaban J connectivity index is 2.23. The molecule has 7 heteroatoms. The number of benzene rings is 1. The van der Waals surface area contributed by atoms with E-state index in [1.807, 2.05) is 19.9 Å². The van der Waals surface area contributed by atoms with Crippen molar-refractivity contribution in [3.05, 3.63) is 40.2 Å². The van der Waals surface area contributed by atoms with E-state index in [9.17, 15) is 4.79 Å². The molecule has 0 saturated carbocycles. The lowest BCUT2D eigenvalue weighted by Crippen LogP contribution is -2.14. The van der Waals surface area contributed by atoms with Gasteiger partial charge in [-0.15, -0.1) is 0 Å². The monoisotopic (exact) mass is 303 g/mol. The summed E-state index contributed by atoms with van der Waals surface area (Å²) in [5.41, 5.74) is 7.92. The van der Waals surface area contributed by atoms with E-state index in [1.165, 1.54) is 12.1 Å². The molecule has 0 aliphatic carbocycles. The van der Waals surface area contributed by atoms with Gasteiger partial charge in [0.15, 0.2) is 5.69 Å². The number of carbonyl (C=O) groups is 1. The molecule has 0 aliphatic rings. The highest BCUT2D eigenvalue weighted by molar-refractivity contribution is 6.32. The van der Waals surface area contributed by atoms with E-state index in [1.54, 1.807) is 6.07 Å². The molecule has 21 heavy (non-hydrogen) atoms. The van der Waals surface area contributed by atoms with Crippen molar-refractivity contribution in [2.45, 2.75) is 19.8 Å². The lowest BCUT2D eigenvalue weighted by molar-refractivity contribution is 0.102. The van der Waals surface area contributed by atoms with Crippen LogP contribution in [0.15, 0.2) is 18.2 Å². The minimum Gasteiger partial charge on any atom is -0.395 e. The highest BCUT2D eigenvalue weighted by Gasteiger charge is 2.19. The third-order valence-electron chi connectivity index (χ3n) is 2.97. The van der Waals surface area contributed by atoms with Crippen LogP contribution >= 0.6 is 11.6 Å². The summed E-state index contributed by atoms with van der Waals surface area (Å²) in [6.45, 7) is 3.90. The molecule has 0 fully saturated rings. The van der Waals surface area contributed by atoms with Crippen LogP contribution in [0.25, 0.3) is 0 Å². The lowest BCUT2D eigenvalue weighted by Gasteiger charge is -2.06. The van der Waals surface area contributed by atoms with Gasteiger partial charge in [0.1, 0.15) is 6.07 Å². The Morgan fingerprint density at radius 1 is 1.52 bits per heavy atom. The molecule has 0 atom stereocenters. The van der Waals surface area contributed by atoms with Gasteiger partial charge in [-0.25, -0.2) is 0 Å². The first-order valence-electron chi connectivity index (χ1n) is 6.28. The molecule has 108 valence electrons. The average Bonchev–Trinajstić information content (AvgIpc) is 2.81. The Morgan fingerprint density at radius 2 is 2.24 bits per heavy atom. The number of nitrogen functional groups attached to an aromatic ring is 1. The second-order valence-electron chi connectivity index (χ2n) is 4.81. The van der Waals surface area contributed by atoms with E-state index < -0.39 is 5.91 Å². The summed E-state index contributed by atoms with van der Waals surface area (Å²) in [7, 11) is 0. The molecule has 1 heterocycles. The second-order valence-corrected chi connectivity index (χ2v) is 5.22. The van der Waals surface area contributed by atoms with Crippen LogP contribution in [-0.4, -0.2) is 16.1 Å². The van der Waals surface area contributed by atoms with Gasteiger partial charge in [0, 0.05) is 5.69 Å². The lowest BCUT2D eigenvalue weighted by atomic mass is 10.1. The number of nitrogens with zero attached hydrogens (tertiary/aromatic N) is 2. The van der Waals surface area contributed by atoms with Crippen LogP contribution in [0.1, 0.15) is 41.5 Å². The topological polar surface area (TPSA) is 108 Å². The summed E-state index contributed by atoms with van der Waals surface area (Å²) in [5.74, 6) is -0.292. The number of hydrogen-bond donors (Lipinski definition) is 3. The maximum Gasteiger partial charge on any atom is 0.278 e. The standard InChI is InChI=1S/C14H14ClN5O/c1-7(2)12-11(17)13(20-19-12)14(21)18-9-4-3-8(6-16)10(15)5-9/h3-5,7H,17H2,1-2H3,(H,18,21)(H,19,20). The summed E-state index contributed by atoms with van der Waals surface area (Å²) in [6.07, 6.45) is 0. The highest BCUT2D eigenvalue weighted by atomic mass is 35.5. The molecule has 1 aromatic carbocycles. The molecule has 1 amide bonds. The van der Waals surface area contributed by atoms with Crippen LogP contribution in [0, 0.1) is 11.3 Å². The maximum atomic E-state index is 12.2. The third kappa shape index (κ3) is 2.98. The second kappa shape index (κ2) is 5.85. The Kier molecular flexibility index (Phi) is 4.15. The number of aromatic amines is 1. The molecule has 0 aliphatic heterocycles. The molecule has 0 saturated heterocycles. The number of rotatable bonds is 3. The van der Waals surface area contributed by atoms with Crippen LogP contribution in [0.3, 0.4) is 0 Å². The van der Waals surface area contributed by atoms with Gasteiger partial charge in [-0.3, -0.25) is 9.89 Å². The van der Waals surface area contributed by atoms with Crippen LogP contribution in [0.2, 0.25) is 5.02 Å². The molecule has 0 unspecified atom stereocenters. The van der Waals surface area contributed by atoms with Gasteiger partial charge in [-0.1, -0.05) is 25.4 Å². The Hall–Kier alpha value is -2.52. The zero-order valence-corrected chi connectivity index (χ0v) is 12.3. The minimum absolute atomic E-state index is 0.138. The van der Waals surface area contributed by atoms with Crippen molar-refractivity contribution in [1.29, 1.82) is 5.26 Å². The van der Waals surface area contributed by atoms with Gasteiger partial charge in [-0.2, -0.15) is 10.4 Å². The fraction of sp³-hybridized carbons (Fsp3) is 0.214. The summed E-state index contributed by atoms with van der Waals surface area (Å²) < 4.78 is 0. The number of nitrogens with two attached hydrogens (primary N) is 1. The first-order valence-corrected chi connectivity index (χ1v) is 6.66. The van der Waals surface area contributed by atoms with Gasteiger partial charge < -0.3 is 11.1 Å². The van der Waals surface area contributed by atoms with Crippen molar-refractivity contribution in [2.24, 2.45) is 0 Å². The average molecular weight is 304 g/mol. The molecule has 2 aromatic rings. The van der Waals surface area contributed by atoms with Crippen LogP contribution < -0.4 is 11.1 Å². The van der Waals surface area contributed by atoms with Crippen molar-refractivity contribution in [3.8, 4) is 6.07 Å². The first kappa shape index (κ1) is 14.9. The SMILES string of the molecule is CC(C)c1[nH]nc(C(=O)Nc2ccc(C#N)c(Cl)c2)c1N. The van der Waals surface area contributed by atoms with Crippen molar-refractivity contribution in [3.63, 3.8) is 0 Å². The molecule has 0 spiro atoms. The van der Waals surface area contributed by atoms with E-state index in [-0.39, 0.29) is 16.6 Å². The number of hydrogen-bond acceptors (Lipinski definition) is 4. The quantitative estimate of drug-likeness (QED) is 0.810. The third-order valence-corrected chi connectivity index (χ3v) is 3.29. The van der Waals surface area contributed by atoms with E-state index in [2.05, 4.69) is 15.5 Å². The number of anilines is 2. The van der Waals surface area contributed by atoms with E-state index in [4.69, 9.17) is 22.6 Å². The largest absolute Gasteiger partial charge is 0.395 e. The van der Waals surface area contributed by atoms with Gasteiger partial charge >= 0.3 is 0 Å². The number of H-pyrrole nitrogens is 1. The number of amides is 1. The predicted octanol–water partition coefficient (Wildman–Crippen LogP) is 2.89. The molecular weight excluding hydrogens is 290 g/mol. The highest BCUT2D eigenvalue weighted by Crippen LogP contribution is 2.24. The van der Waals surface area contributed by atoms with E-state index in [0.717, 1.165) is 5.69 Å². The number of halogens is 1. The van der Waals surface area contributed by atoms with Gasteiger partial charge in [-0.05, 0) is 24.1 Å². The summed E-state index contributed by atoms with van der Waals surface area (Å²) in [5, 5.41) is 18.4. The molecule has 2 rings (SSSR count). The normalized spacial score (nSPS) is 10.4. The zero-order chi connectivity index (χ0) is 15.6. The summed E-state index contributed by atoms with van der Waals surface area (Å²) in [6, 6.07) is 6.58. The fourth-order valence-corrected chi connectivity index (χ4v) is 2.07. The zero-order valence-electron chi connectivity index (χ0n) is 11.6. The maximum absolute atomic E-state index is 12.2.